The van der Waals surface area contributed by atoms with Crippen molar-refractivity contribution in [2.24, 2.45) is 5.92 Å². The molecule has 0 unspecified atom stereocenters. The van der Waals surface area contributed by atoms with Gasteiger partial charge in [0.15, 0.2) is 5.78 Å². The van der Waals surface area contributed by atoms with Crippen LogP contribution in [0.1, 0.15) is 13.8 Å². The Morgan fingerprint density at radius 1 is 1.28 bits per heavy atom. The lowest BCUT2D eigenvalue weighted by Gasteiger charge is -2.09. The first-order valence-corrected chi connectivity index (χ1v) is 5.42. The highest BCUT2D eigenvalue weighted by Crippen LogP contribution is 2.14. The molecule has 1 aromatic rings. The number of anilines is 1. The summed E-state index contributed by atoms with van der Waals surface area (Å²) < 4.78 is 25.8. The Labute approximate surface area is 103 Å². The summed E-state index contributed by atoms with van der Waals surface area (Å²) in [5.74, 6) is -1.92. The molecular weight excluding hydrogens is 242 g/mol. The maximum absolute atomic E-state index is 13.2. The van der Waals surface area contributed by atoms with Gasteiger partial charge < -0.3 is 10.6 Å². The summed E-state index contributed by atoms with van der Waals surface area (Å²) in [5.41, 5.74) is -0.147. The smallest absolute Gasteiger partial charge is 0.319 e. The fourth-order valence-corrected chi connectivity index (χ4v) is 1.13. The van der Waals surface area contributed by atoms with E-state index in [2.05, 4.69) is 10.6 Å². The molecular formula is C12H14F2N2O2. The van der Waals surface area contributed by atoms with E-state index in [0.29, 0.717) is 6.07 Å². The van der Waals surface area contributed by atoms with E-state index >= 15 is 0 Å². The number of urea groups is 1. The van der Waals surface area contributed by atoms with Crippen LogP contribution in [0.25, 0.3) is 0 Å². The van der Waals surface area contributed by atoms with Crippen LogP contribution in [-0.2, 0) is 4.79 Å². The molecule has 0 spiro atoms. The molecule has 0 heterocycles. The minimum Gasteiger partial charge on any atom is -0.331 e. The largest absolute Gasteiger partial charge is 0.331 e. The van der Waals surface area contributed by atoms with Crippen molar-refractivity contribution in [3.05, 3.63) is 29.8 Å². The van der Waals surface area contributed by atoms with Crippen molar-refractivity contribution in [1.82, 2.24) is 5.32 Å². The van der Waals surface area contributed by atoms with Gasteiger partial charge in [-0.15, -0.1) is 0 Å². The van der Waals surface area contributed by atoms with Crippen molar-refractivity contribution >= 4 is 17.5 Å². The molecule has 18 heavy (non-hydrogen) atoms. The maximum Gasteiger partial charge on any atom is 0.319 e. The Morgan fingerprint density at radius 3 is 2.50 bits per heavy atom. The van der Waals surface area contributed by atoms with Crippen molar-refractivity contribution < 1.29 is 18.4 Å². The van der Waals surface area contributed by atoms with Gasteiger partial charge in [-0.25, -0.2) is 13.6 Å². The van der Waals surface area contributed by atoms with Crippen LogP contribution < -0.4 is 10.6 Å². The normalized spacial score (nSPS) is 10.3. The van der Waals surface area contributed by atoms with Gasteiger partial charge in [0.2, 0.25) is 0 Å². The van der Waals surface area contributed by atoms with E-state index in [0.717, 1.165) is 12.1 Å². The zero-order valence-electron chi connectivity index (χ0n) is 10.1. The number of halogens is 2. The summed E-state index contributed by atoms with van der Waals surface area (Å²) in [6, 6.07) is 2.08. The monoisotopic (exact) mass is 256 g/mol. The maximum atomic E-state index is 13.2. The lowest BCUT2D eigenvalue weighted by Crippen LogP contribution is -2.35. The second-order valence-electron chi connectivity index (χ2n) is 4.05. The van der Waals surface area contributed by atoms with Crippen LogP contribution in [0.5, 0.6) is 0 Å². The fourth-order valence-electron chi connectivity index (χ4n) is 1.13. The molecule has 4 nitrogen and oxygen atoms in total. The quantitative estimate of drug-likeness (QED) is 0.868. The number of rotatable bonds is 4. The van der Waals surface area contributed by atoms with E-state index in [9.17, 15) is 18.4 Å². The Bertz CT molecular complexity index is 461. The zero-order valence-corrected chi connectivity index (χ0v) is 10.1. The Morgan fingerprint density at radius 2 is 1.94 bits per heavy atom. The van der Waals surface area contributed by atoms with Crippen LogP contribution in [0.3, 0.4) is 0 Å². The van der Waals surface area contributed by atoms with E-state index in [-0.39, 0.29) is 23.9 Å². The summed E-state index contributed by atoms with van der Waals surface area (Å²) in [7, 11) is 0. The molecule has 2 N–H and O–H groups in total. The standard InChI is InChI=1S/C12H14F2N2O2/c1-7(2)11(17)6-15-12(18)16-10-4-3-8(13)5-9(10)14/h3-5,7H,6H2,1-2H3,(H2,15,16,18). The number of nitrogens with one attached hydrogen (secondary N) is 2. The van der Waals surface area contributed by atoms with Crippen molar-refractivity contribution in [3.8, 4) is 0 Å². The SMILES string of the molecule is CC(C)C(=O)CNC(=O)Nc1ccc(F)cc1F. The van der Waals surface area contributed by atoms with Crippen LogP contribution in [0.2, 0.25) is 0 Å². The molecule has 0 aliphatic rings. The molecule has 0 bridgehead atoms. The molecule has 0 aliphatic carbocycles. The van der Waals surface area contributed by atoms with E-state index in [1.54, 1.807) is 13.8 Å². The summed E-state index contributed by atoms with van der Waals surface area (Å²) in [5, 5.41) is 4.48. The second-order valence-corrected chi connectivity index (χ2v) is 4.05. The van der Waals surface area contributed by atoms with Crippen molar-refractivity contribution in [3.63, 3.8) is 0 Å². The van der Waals surface area contributed by atoms with Gasteiger partial charge in [0, 0.05) is 12.0 Å². The number of carbonyl (C=O) groups is 2. The number of amides is 2. The first-order chi connectivity index (χ1) is 8.40. The average Bonchev–Trinajstić information content (AvgIpc) is 2.29. The minimum absolute atomic E-state index is 0.133. The highest BCUT2D eigenvalue weighted by Gasteiger charge is 2.11. The molecule has 0 saturated carbocycles. The minimum atomic E-state index is -0.875. The molecule has 0 atom stereocenters. The average molecular weight is 256 g/mol. The fraction of sp³-hybridized carbons (Fsp3) is 0.333. The van der Waals surface area contributed by atoms with Gasteiger partial charge in [-0.05, 0) is 12.1 Å². The molecule has 98 valence electrons. The van der Waals surface area contributed by atoms with Crippen molar-refractivity contribution in [2.45, 2.75) is 13.8 Å². The third-order valence-corrected chi connectivity index (χ3v) is 2.25. The number of benzene rings is 1. The van der Waals surface area contributed by atoms with E-state index < -0.39 is 17.7 Å². The van der Waals surface area contributed by atoms with E-state index in [1.165, 1.54) is 0 Å². The van der Waals surface area contributed by atoms with Crippen LogP contribution >= 0.6 is 0 Å². The predicted molar refractivity (Wildman–Crippen MR) is 63.2 cm³/mol. The van der Waals surface area contributed by atoms with Crippen molar-refractivity contribution in [2.75, 3.05) is 11.9 Å². The molecule has 1 rings (SSSR count). The van der Waals surface area contributed by atoms with Gasteiger partial charge in [-0.2, -0.15) is 0 Å². The Kier molecular flexibility index (Phi) is 4.76. The van der Waals surface area contributed by atoms with Crippen LogP contribution in [0.4, 0.5) is 19.3 Å². The van der Waals surface area contributed by atoms with Crippen LogP contribution in [0, 0.1) is 17.6 Å². The molecule has 0 radical (unpaired) electrons. The zero-order chi connectivity index (χ0) is 13.7. The Hall–Kier alpha value is -1.98. The number of Topliss-reactive ketones (excluding diaryl/α,β-unsaturated/α-hetero) is 1. The molecule has 1 aromatic carbocycles. The van der Waals surface area contributed by atoms with Gasteiger partial charge in [-0.1, -0.05) is 13.8 Å². The van der Waals surface area contributed by atoms with Gasteiger partial charge in [-0.3, -0.25) is 4.79 Å². The topological polar surface area (TPSA) is 58.2 Å². The van der Waals surface area contributed by atoms with Crippen molar-refractivity contribution in [1.29, 1.82) is 0 Å². The number of carbonyl (C=O) groups excluding carboxylic acids is 2. The lowest BCUT2D eigenvalue weighted by atomic mass is 10.1. The molecule has 0 aromatic heterocycles. The first kappa shape index (κ1) is 14.1. The second kappa shape index (κ2) is 6.09. The van der Waals surface area contributed by atoms with E-state index in [4.69, 9.17) is 0 Å². The summed E-state index contributed by atoms with van der Waals surface area (Å²) in [6.07, 6.45) is 0. The highest BCUT2D eigenvalue weighted by molar-refractivity contribution is 5.93. The highest BCUT2D eigenvalue weighted by atomic mass is 19.1. The Balaban J connectivity index is 2.52. The molecule has 0 saturated heterocycles. The molecule has 6 heteroatoms. The summed E-state index contributed by atoms with van der Waals surface area (Å²) >= 11 is 0. The number of ketones is 1. The van der Waals surface area contributed by atoms with E-state index in [1.807, 2.05) is 0 Å². The van der Waals surface area contributed by atoms with Crippen LogP contribution in [0.15, 0.2) is 18.2 Å². The third-order valence-electron chi connectivity index (χ3n) is 2.25. The van der Waals surface area contributed by atoms with Crippen LogP contribution in [-0.4, -0.2) is 18.4 Å². The number of hydrogen-bond acceptors (Lipinski definition) is 2. The summed E-state index contributed by atoms with van der Waals surface area (Å²) in [4.78, 5) is 22.6. The molecule has 0 fully saturated rings. The van der Waals surface area contributed by atoms with Gasteiger partial charge >= 0.3 is 6.03 Å². The van der Waals surface area contributed by atoms with Gasteiger partial charge in [0.1, 0.15) is 11.6 Å². The lowest BCUT2D eigenvalue weighted by molar-refractivity contribution is -0.120. The first-order valence-electron chi connectivity index (χ1n) is 5.42. The third kappa shape index (κ3) is 4.12. The van der Waals surface area contributed by atoms with Gasteiger partial charge in [0.05, 0.1) is 12.2 Å². The summed E-state index contributed by atoms with van der Waals surface area (Å²) in [6.45, 7) is 3.29. The molecule has 0 aliphatic heterocycles. The molecule has 2 amide bonds. The van der Waals surface area contributed by atoms with Gasteiger partial charge in [0.25, 0.3) is 0 Å². The number of hydrogen-bond donors (Lipinski definition) is 2. The predicted octanol–water partition coefficient (Wildman–Crippen LogP) is 2.31.